The van der Waals surface area contributed by atoms with Gasteiger partial charge in [0.2, 0.25) is 15.9 Å². The molecule has 2 N–H and O–H groups in total. The lowest BCUT2D eigenvalue weighted by Crippen LogP contribution is -2.38. The molecule has 0 unspecified atom stereocenters. The Balaban J connectivity index is 1.58. The summed E-state index contributed by atoms with van der Waals surface area (Å²) >= 11 is 0. The van der Waals surface area contributed by atoms with Crippen LogP contribution in [0.5, 0.6) is 5.88 Å². The molecule has 0 bridgehead atoms. The van der Waals surface area contributed by atoms with Gasteiger partial charge in [-0.2, -0.15) is 5.26 Å². The van der Waals surface area contributed by atoms with E-state index in [0.717, 1.165) is 5.56 Å². The second kappa shape index (κ2) is 8.89. The Kier molecular flexibility index (Phi) is 6.12. The fraction of sp³-hybridized carbons (Fsp3) is 0.304. The van der Waals surface area contributed by atoms with Gasteiger partial charge in [0.25, 0.3) is 11.5 Å². The zero-order valence-corrected chi connectivity index (χ0v) is 19.5. The third-order valence-electron chi connectivity index (χ3n) is 5.99. The number of benzene rings is 1. The van der Waals surface area contributed by atoms with E-state index in [1.807, 2.05) is 6.07 Å². The first-order chi connectivity index (χ1) is 16.2. The summed E-state index contributed by atoms with van der Waals surface area (Å²) in [5.41, 5.74) is 1.09. The van der Waals surface area contributed by atoms with Gasteiger partial charge in [-0.05, 0) is 49.7 Å². The maximum absolute atomic E-state index is 13.0. The summed E-state index contributed by atoms with van der Waals surface area (Å²) in [5, 5.41) is 12.2. The van der Waals surface area contributed by atoms with Gasteiger partial charge in [-0.15, -0.1) is 0 Å². The molecule has 1 aliphatic carbocycles. The van der Waals surface area contributed by atoms with Gasteiger partial charge in [-0.1, -0.05) is 12.1 Å². The Morgan fingerprint density at radius 2 is 1.97 bits per heavy atom. The molecule has 176 valence electrons. The van der Waals surface area contributed by atoms with E-state index in [0.29, 0.717) is 29.3 Å². The average Bonchev–Trinajstić information content (AvgIpc) is 3.65. The molecule has 0 radical (unpaired) electrons. The number of sulfonamides is 1. The van der Waals surface area contributed by atoms with Crippen molar-refractivity contribution in [3.63, 3.8) is 0 Å². The number of nitrogens with zero attached hydrogens (tertiary/aromatic N) is 3. The average molecular weight is 482 g/mol. The number of fused-ring (bicyclic) bond motifs is 1. The predicted octanol–water partition coefficient (Wildman–Crippen LogP) is 1.20. The number of aromatic nitrogens is 2. The molecule has 0 saturated heterocycles. The number of pyridine rings is 2. The SMILES string of the molecule is CNS(=O)(=O)C1(COc2nccc3cc(C(=O)NCc4ccc(C#N)cc4)c(=O)n(C)c23)CC1. The highest BCUT2D eigenvalue weighted by atomic mass is 32.2. The molecule has 0 aliphatic heterocycles. The molecule has 1 saturated carbocycles. The molecule has 3 aromatic rings. The quantitative estimate of drug-likeness (QED) is 0.492. The fourth-order valence-electron chi connectivity index (χ4n) is 3.69. The van der Waals surface area contributed by atoms with Gasteiger partial charge in [0.1, 0.15) is 22.4 Å². The van der Waals surface area contributed by atoms with E-state index in [-0.39, 0.29) is 24.6 Å². The smallest absolute Gasteiger partial charge is 0.263 e. The van der Waals surface area contributed by atoms with Crippen LogP contribution in [0.2, 0.25) is 0 Å². The van der Waals surface area contributed by atoms with Gasteiger partial charge >= 0.3 is 0 Å². The van der Waals surface area contributed by atoms with Crippen molar-refractivity contribution >= 4 is 26.8 Å². The first kappa shape index (κ1) is 23.4. The maximum atomic E-state index is 13.0. The van der Waals surface area contributed by atoms with Crippen LogP contribution in [0.1, 0.15) is 34.3 Å². The minimum Gasteiger partial charge on any atom is -0.474 e. The highest BCUT2D eigenvalue weighted by molar-refractivity contribution is 7.91. The Morgan fingerprint density at radius 3 is 2.59 bits per heavy atom. The molecule has 1 aliphatic rings. The van der Waals surface area contributed by atoms with E-state index in [9.17, 15) is 18.0 Å². The Morgan fingerprint density at radius 1 is 1.26 bits per heavy atom. The van der Waals surface area contributed by atoms with E-state index >= 15 is 0 Å². The lowest BCUT2D eigenvalue weighted by atomic mass is 10.1. The summed E-state index contributed by atoms with van der Waals surface area (Å²) in [5.74, 6) is -0.414. The number of hydrogen-bond donors (Lipinski definition) is 2. The third-order valence-corrected chi connectivity index (χ3v) is 8.20. The molecule has 4 rings (SSSR count). The van der Waals surface area contributed by atoms with E-state index in [1.165, 1.54) is 30.9 Å². The van der Waals surface area contributed by atoms with Gasteiger partial charge in [0.05, 0.1) is 11.6 Å². The summed E-state index contributed by atoms with van der Waals surface area (Å²) < 4.78 is 33.0. The van der Waals surface area contributed by atoms with Crippen molar-refractivity contribution in [1.29, 1.82) is 5.26 Å². The molecular weight excluding hydrogens is 458 g/mol. The van der Waals surface area contributed by atoms with Crippen LogP contribution in [0.25, 0.3) is 10.9 Å². The number of nitriles is 1. The minimum absolute atomic E-state index is 0.0442. The number of aryl methyl sites for hydroxylation is 1. The van der Waals surface area contributed by atoms with E-state index in [1.54, 1.807) is 30.3 Å². The van der Waals surface area contributed by atoms with E-state index in [2.05, 4.69) is 15.0 Å². The lowest BCUT2D eigenvalue weighted by molar-refractivity contribution is 0.0949. The van der Waals surface area contributed by atoms with Crippen LogP contribution in [0.4, 0.5) is 0 Å². The minimum atomic E-state index is -3.52. The van der Waals surface area contributed by atoms with E-state index in [4.69, 9.17) is 10.00 Å². The number of amides is 1. The summed E-state index contributed by atoms with van der Waals surface area (Å²) in [6, 6.07) is 11.9. The highest BCUT2D eigenvalue weighted by Crippen LogP contribution is 2.43. The van der Waals surface area contributed by atoms with Crippen LogP contribution in [0, 0.1) is 11.3 Å². The lowest BCUT2D eigenvalue weighted by Gasteiger charge is -2.17. The van der Waals surface area contributed by atoms with Crippen LogP contribution >= 0.6 is 0 Å². The van der Waals surface area contributed by atoms with Crippen LogP contribution in [-0.4, -0.2) is 42.3 Å². The first-order valence-electron chi connectivity index (χ1n) is 10.5. The molecule has 2 heterocycles. The number of ether oxygens (including phenoxy) is 1. The molecule has 1 fully saturated rings. The number of hydrogen-bond acceptors (Lipinski definition) is 7. The predicted molar refractivity (Wildman–Crippen MR) is 125 cm³/mol. The molecule has 10 nitrogen and oxygen atoms in total. The largest absolute Gasteiger partial charge is 0.474 e. The van der Waals surface area contributed by atoms with Crippen molar-refractivity contribution in [3.05, 3.63) is 69.6 Å². The van der Waals surface area contributed by atoms with Crippen molar-refractivity contribution in [2.75, 3.05) is 13.7 Å². The van der Waals surface area contributed by atoms with Gasteiger partial charge in [-0.3, -0.25) is 9.59 Å². The topological polar surface area (TPSA) is 143 Å². The standard InChI is InChI=1S/C23H23N5O5S/c1-25-34(31,32)23(8-9-23)14-33-21-19-17(7-10-26-21)11-18(22(30)28(19)2)20(29)27-13-16-5-3-15(12-24)4-6-16/h3-7,10-11,25H,8-9,13-14H2,1-2H3,(H,27,29). The number of carbonyl (C=O) groups excluding carboxylic acids is 1. The second-order valence-corrected chi connectivity index (χ2v) is 10.4. The van der Waals surface area contributed by atoms with Crippen molar-refractivity contribution in [1.82, 2.24) is 19.6 Å². The fourth-order valence-corrected chi connectivity index (χ4v) is 4.98. The molecule has 1 amide bonds. The Hall–Kier alpha value is -3.75. The van der Waals surface area contributed by atoms with Crippen molar-refractivity contribution in [3.8, 4) is 11.9 Å². The van der Waals surface area contributed by atoms with Gasteiger partial charge in [0.15, 0.2) is 0 Å². The molecule has 1 aromatic carbocycles. The summed E-state index contributed by atoms with van der Waals surface area (Å²) in [7, 11) is -0.648. The molecule has 11 heteroatoms. The zero-order valence-electron chi connectivity index (χ0n) is 18.7. The summed E-state index contributed by atoms with van der Waals surface area (Å²) in [4.78, 5) is 29.9. The van der Waals surface area contributed by atoms with Gasteiger partial charge in [-0.25, -0.2) is 18.1 Å². The Bertz CT molecular complexity index is 1470. The third kappa shape index (κ3) is 4.25. The molecule has 34 heavy (non-hydrogen) atoms. The second-order valence-electron chi connectivity index (χ2n) is 8.15. The number of nitrogens with one attached hydrogen (secondary N) is 2. The summed E-state index contributed by atoms with van der Waals surface area (Å²) in [6.07, 6.45) is 2.43. The normalized spacial score (nSPS) is 14.4. The first-order valence-corrected chi connectivity index (χ1v) is 12.0. The van der Waals surface area contributed by atoms with Crippen LogP contribution in [-0.2, 0) is 23.6 Å². The molecule has 2 aromatic heterocycles. The summed E-state index contributed by atoms with van der Waals surface area (Å²) in [6.45, 7) is 0.0990. The van der Waals surface area contributed by atoms with Gasteiger partial charge < -0.3 is 14.6 Å². The molecule has 0 spiro atoms. The van der Waals surface area contributed by atoms with Crippen LogP contribution in [0.15, 0.2) is 47.4 Å². The van der Waals surface area contributed by atoms with Crippen molar-refractivity contribution in [2.45, 2.75) is 24.1 Å². The molecule has 0 atom stereocenters. The molecular formula is C23H23N5O5S. The highest BCUT2D eigenvalue weighted by Gasteiger charge is 2.55. The van der Waals surface area contributed by atoms with Crippen LogP contribution < -0.4 is 20.3 Å². The zero-order chi connectivity index (χ0) is 24.5. The Labute approximate surface area is 196 Å². The van der Waals surface area contributed by atoms with Crippen LogP contribution in [0.3, 0.4) is 0 Å². The maximum Gasteiger partial charge on any atom is 0.263 e. The van der Waals surface area contributed by atoms with Gasteiger partial charge in [0, 0.05) is 25.2 Å². The van der Waals surface area contributed by atoms with E-state index < -0.39 is 26.2 Å². The number of rotatable bonds is 8. The monoisotopic (exact) mass is 481 g/mol. The van der Waals surface area contributed by atoms with Crippen molar-refractivity contribution in [2.24, 2.45) is 7.05 Å². The number of carbonyl (C=O) groups is 1. The van der Waals surface area contributed by atoms with Crippen molar-refractivity contribution < 1.29 is 17.9 Å².